The highest BCUT2D eigenvalue weighted by Gasteiger charge is 2.35. The Morgan fingerprint density at radius 1 is 1.05 bits per heavy atom. The first-order valence-corrected chi connectivity index (χ1v) is 15.2. The van der Waals surface area contributed by atoms with Crippen molar-refractivity contribution in [2.45, 2.75) is 19.9 Å². The monoisotopic (exact) mass is 610 g/mol. The molecule has 6 rings (SSSR count). The third-order valence-electron chi connectivity index (χ3n) is 7.00. The molecule has 3 aromatic heterocycles. The Bertz CT molecular complexity index is 2050. The zero-order valence-corrected chi connectivity index (χ0v) is 25.2. The van der Waals surface area contributed by atoms with Gasteiger partial charge in [0.2, 0.25) is 0 Å². The Labute approximate surface area is 254 Å². The second kappa shape index (κ2) is 11.8. The Morgan fingerprint density at radius 2 is 1.86 bits per heavy atom. The molecular formula is C33H26N2O6S2. The van der Waals surface area contributed by atoms with Gasteiger partial charge in [-0.3, -0.25) is 9.36 Å². The smallest absolute Gasteiger partial charge is 0.338 e. The minimum Gasteiger partial charge on any atom is -0.465 e. The normalized spacial score (nSPS) is 14.8. The van der Waals surface area contributed by atoms with E-state index in [0.29, 0.717) is 37.7 Å². The number of methoxy groups -OCH3 is 1. The summed E-state index contributed by atoms with van der Waals surface area (Å²) in [5.41, 5.74) is 3.39. The van der Waals surface area contributed by atoms with Gasteiger partial charge < -0.3 is 13.9 Å². The van der Waals surface area contributed by atoms with Crippen molar-refractivity contribution in [2.24, 2.45) is 4.99 Å². The van der Waals surface area contributed by atoms with E-state index in [1.54, 1.807) is 41.8 Å². The average Bonchev–Trinajstić information content (AvgIpc) is 3.78. The van der Waals surface area contributed by atoms with Crippen molar-refractivity contribution in [3.63, 3.8) is 0 Å². The molecular weight excluding hydrogens is 585 g/mol. The SMILES string of the molecule is CCOC(=O)C1=C(c2ccccc2)N=c2s/c(=C/c3ccc(-c4ccc(C(=O)OC)cc4C)o3)c(=O)n2[C@H]1c1cccs1. The summed E-state index contributed by atoms with van der Waals surface area (Å²) in [5, 5.41) is 1.92. The first-order valence-electron chi connectivity index (χ1n) is 13.5. The van der Waals surface area contributed by atoms with E-state index in [-0.39, 0.29) is 12.2 Å². The van der Waals surface area contributed by atoms with Crippen molar-refractivity contribution in [3.8, 4) is 11.3 Å². The van der Waals surface area contributed by atoms with Crippen LogP contribution in [-0.2, 0) is 14.3 Å². The lowest BCUT2D eigenvalue weighted by Crippen LogP contribution is -2.39. The van der Waals surface area contributed by atoms with Gasteiger partial charge >= 0.3 is 11.9 Å². The molecule has 4 heterocycles. The summed E-state index contributed by atoms with van der Waals surface area (Å²) in [4.78, 5) is 45.5. The highest BCUT2D eigenvalue weighted by molar-refractivity contribution is 7.10. The minimum absolute atomic E-state index is 0.192. The number of thiophene rings is 1. The molecule has 10 heteroatoms. The molecule has 0 bridgehead atoms. The standard InChI is InChI=1S/C33H26N2O6S2/c1-4-40-32(38)27-28(20-9-6-5-7-10-20)34-33-35(29(27)25-11-8-16-42-25)30(36)26(43-33)18-22-13-15-24(41-22)23-14-12-21(17-19(23)2)31(37)39-3/h5-18,29H,4H2,1-3H3/b26-18+/t29-/m0/s1. The molecule has 216 valence electrons. The number of furan rings is 1. The fourth-order valence-electron chi connectivity index (χ4n) is 5.05. The molecule has 5 aromatic rings. The molecule has 1 aliphatic heterocycles. The summed E-state index contributed by atoms with van der Waals surface area (Å²) in [6.45, 7) is 3.83. The number of fused-ring (bicyclic) bond motifs is 1. The summed E-state index contributed by atoms with van der Waals surface area (Å²) >= 11 is 2.70. The van der Waals surface area contributed by atoms with Crippen LogP contribution in [0, 0.1) is 6.92 Å². The van der Waals surface area contributed by atoms with Crippen LogP contribution in [0.25, 0.3) is 23.1 Å². The van der Waals surface area contributed by atoms with E-state index in [1.165, 1.54) is 29.8 Å². The number of carbonyl (C=O) groups excluding carboxylic acids is 2. The number of aryl methyl sites for hydroxylation is 1. The number of thiazole rings is 1. The van der Waals surface area contributed by atoms with E-state index in [9.17, 15) is 14.4 Å². The largest absolute Gasteiger partial charge is 0.465 e. The molecule has 1 aliphatic rings. The van der Waals surface area contributed by atoms with Crippen LogP contribution in [0.2, 0.25) is 0 Å². The van der Waals surface area contributed by atoms with Gasteiger partial charge in [-0.2, -0.15) is 0 Å². The third-order valence-corrected chi connectivity index (χ3v) is 8.91. The molecule has 0 aliphatic carbocycles. The third kappa shape index (κ3) is 5.31. The zero-order chi connectivity index (χ0) is 30.1. The molecule has 0 unspecified atom stereocenters. The highest BCUT2D eigenvalue weighted by Crippen LogP contribution is 2.37. The van der Waals surface area contributed by atoms with Gasteiger partial charge in [0, 0.05) is 22.1 Å². The molecule has 0 saturated carbocycles. The number of ether oxygens (including phenoxy) is 2. The van der Waals surface area contributed by atoms with E-state index >= 15 is 0 Å². The average molecular weight is 611 g/mol. The number of hydrogen-bond acceptors (Lipinski definition) is 9. The van der Waals surface area contributed by atoms with Crippen LogP contribution in [-0.4, -0.2) is 30.2 Å². The highest BCUT2D eigenvalue weighted by atomic mass is 32.1. The molecule has 0 radical (unpaired) electrons. The second-order valence-corrected chi connectivity index (χ2v) is 11.7. The van der Waals surface area contributed by atoms with Gasteiger partial charge in [-0.15, -0.1) is 11.3 Å². The Morgan fingerprint density at radius 3 is 2.56 bits per heavy atom. The zero-order valence-electron chi connectivity index (χ0n) is 23.5. The minimum atomic E-state index is -0.698. The summed E-state index contributed by atoms with van der Waals surface area (Å²) in [6.07, 6.45) is 1.69. The number of nitrogens with zero attached hydrogens (tertiary/aromatic N) is 2. The second-order valence-electron chi connectivity index (χ2n) is 9.67. The molecule has 0 fully saturated rings. The van der Waals surface area contributed by atoms with Crippen LogP contribution >= 0.6 is 22.7 Å². The van der Waals surface area contributed by atoms with Crippen molar-refractivity contribution < 1.29 is 23.5 Å². The Kier molecular flexibility index (Phi) is 7.79. The predicted molar refractivity (Wildman–Crippen MR) is 166 cm³/mol. The molecule has 0 amide bonds. The van der Waals surface area contributed by atoms with E-state index in [4.69, 9.17) is 18.9 Å². The Hall–Kier alpha value is -4.80. The lowest BCUT2D eigenvalue weighted by atomic mass is 9.97. The van der Waals surface area contributed by atoms with Crippen LogP contribution in [0.15, 0.2) is 98.0 Å². The quantitative estimate of drug-likeness (QED) is 0.230. The summed E-state index contributed by atoms with van der Waals surface area (Å²) in [5.74, 6) is 0.159. The van der Waals surface area contributed by atoms with Crippen LogP contribution in [0.1, 0.15) is 45.1 Å². The van der Waals surface area contributed by atoms with Gasteiger partial charge in [-0.25, -0.2) is 14.6 Å². The molecule has 1 atom stereocenters. The fourth-order valence-corrected chi connectivity index (χ4v) is 6.85. The van der Waals surface area contributed by atoms with E-state index in [1.807, 2.05) is 60.8 Å². The molecule has 0 N–H and O–H groups in total. The van der Waals surface area contributed by atoms with Gasteiger partial charge in [0.1, 0.15) is 17.6 Å². The summed E-state index contributed by atoms with van der Waals surface area (Å²) in [7, 11) is 1.34. The van der Waals surface area contributed by atoms with Crippen molar-refractivity contribution in [3.05, 3.63) is 131 Å². The maximum absolute atomic E-state index is 14.0. The topological polar surface area (TPSA) is 100 Å². The fraction of sp³-hybridized carbons (Fsp3) is 0.152. The first kappa shape index (κ1) is 28.3. The predicted octanol–water partition coefficient (Wildman–Crippen LogP) is 5.35. The number of benzene rings is 2. The number of esters is 2. The summed E-state index contributed by atoms with van der Waals surface area (Å²) in [6, 6.07) is 21.4. The number of carbonyl (C=O) groups is 2. The lowest BCUT2D eigenvalue weighted by molar-refractivity contribution is -0.138. The lowest BCUT2D eigenvalue weighted by Gasteiger charge is -2.24. The van der Waals surface area contributed by atoms with Crippen LogP contribution in [0.5, 0.6) is 0 Å². The Balaban J connectivity index is 1.48. The van der Waals surface area contributed by atoms with Crippen LogP contribution in [0.3, 0.4) is 0 Å². The molecule has 0 saturated heterocycles. The van der Waals surface area contributed by atoms with Crippen molar-refractivity contribution in [1.29, 1.82) is 0 Å². The number of hydrogen-bond donors (Lipinski definition) is 0. The molecule has 8 nitrogen and oxygen atoms in total. The van der Waals surface area contributed by atoms with Crippen molar-refractivity contribution >= 4 is 46.4 Å². The van der Waals surface area contributed by atoms with Gasteiger partial charge in [0.25, 0.3) is 5.56 Å². The van der Waals surface area contributed by atoms with E-state index < -0.39 is 18.0 Å². The van der Waals surface area contributed by atoms with Crippen molar-refractivity contribution in [1.82, 2.24) is 4.57 Å². The van der Waals surface area contributed by atoms with Gasteiger partial charge in [0.05, 0.1) is 35.1 Å². The van der Waals surface area contributed by atoms with Crippen LogP contribution < -0.4 is 14.9 Å². The number of aromatic nitrogens is 1. The maximum Gasteiger partial charge on any atom is 0.338 e. The molecule has 0 spiro atoms. The molecule has 2 aromatic carbocycles. The van der Waals surface area contributed by atoms with Crippen LogP contribution in [0.4, 0.5) is 0 Å². The van der Waals surface area contributed by atoms with Gasteiger partial charge in [-0.1, -0.05) is 53.8 Å². The van der Waals surface area contributed by atoms with E-state index in [0.717, 1.165) is 21.6 Å². The van der Waals surface area contributed by atoms with E-state index in [2.05, 4.69) is 0 Å². The van der Waals surface area contributed by atoms with Crippen molar-refractivity contribution in [2.75, 3.05) is 13.7 Å². The maximum atomic E-state index is 14.0. The van der Waals surface area contributed by atoms with Gasteiger partial charge in [0.15, 0.2) is 4.80 Å². The summed E-state index contributed by atoms with van der Waals surface area (Å²) < 4.78 is 18.4. The first-order chi connectivity index (χ1) is 20.9. The number of rotatable bonds is 7. The van der Waals surface area contributed by atoms with Gasteiger partial charge in [-0.05, 0) is 55.1 Å². The molecule has 43 heavy (non-hydrogen) atoms.